The number of methoxy groups -OCH3 is 1. The molecule has 0 aliphatic carbocycles. The molecule has 8 nitrogen and oxygen atoms in total. The smallest absolute Gasteiger partial charge is 0.262 e. The molecular formula is C16H15N5O3. The van der Waals surface area contributed by atoms with E-state index < -0.39 is 0 Å². The highest BCUT2D eigenvalue weighted by Gasteiger charge is 2.05. The van der Waals surface area contributed by atoms with Gasteiger partial charge in [-0.1, -0.05) is 0 Å². The van der Waals surface area contributed by atoms with Gasteiger partial charge in [0, 0.05) is 5.69 Å². The molecule has 8 heteroatoms. The maximum absolute atomic E-state index is 11.9. The fraction of sp³-hybridized carbons (Fsp3) is 0.125. The Hall–Kier alpha value is -3.42. The average molecular weight is 325 g/mol. The number of benzene rings is 2. The first kappa shape index (κ1) is 15.5. The van der Waals surface area contributed by atoms with Crippen molar-refractivity contribution >= 4 is 11.6 Å². The first-order valence-corrected chi connectivity index (χ1v) is 7.15. The molecule has 0 radical (unpaired) electrons. The maximum Gasteiger partial charge on any atom is 0.262 e. The summed E-state index contributed by atoms with van der Waals surface area (Å²) in [5, 5.41) is 13.7. The van der Waals surface area contributed by atoms with Crippen LogP contribution in [-0.2, 0) is 4.79 Å². The van der Waals surface area contributed by atoms with Crippen LogP contribution in [0.1, 0.15) is 0 Å². The van der Waals surface area contributed by atoms with Gasteiger partial charge in [0.1, 0.15) is 17.8 Å². The summed E-state index contributed by atoms with van der Waals surface area (Å²) in [5.74, 6) is 1.08. The molecule has 122 valence electrons. The first-order valence-electron chi connectivity index (χ1n) is 7.15. The number of hydrogen-bond donors (Lipinski definition) is 1. The molecule has 3 rings (SSSR count). The molecule has 1 heterocycles. The molecule has 0 aliphatic heterocycles. The van der Waals surface area contributed by atoms with E-state index in [4.69, 9.17) is 9.47 Å². The van der Waals surface area contributed by atoms with Crippen molar-refractivity contribution in [2.24, 2.45) is 0 Å². The summed E-state index contributed by atoms with van der Waals surface area (Å²) in [6.07, 6.45) is 1.50. The second-order valence-corrected chi connectivity index (χ2v) is 4.81. The Bertz CT molecular complexity index is 786. The first-order chi connectivity index (χ1) is 11.7. The van der Waals surface area contributed by atoms with Crippen LogP contribution in [0, 0.1) is 0 Å². The van der Waals surface area contributed by atoms with Crippen LogP contribution in [0.15, 0.2) is 54.9 Å². The quantitative estimate of drug-likeness (QED) is 0.741. The number of amides is 1. The number of hydrogen-bond acceptors (Lipinski definition) is 6. The second-order valence-electron chi connectivity index (χ2n) is 4.81. The van der Waals surface area contributed by atoms with Crippen molar-refractivity contribution in [3.05, 3.63) is 54.9 Å². The summed E-state index contributed by atoms with van der Waals surface area (Å²) in [5.41, 5.74) is 1.46. The van der Waals surface area contributed by atoms with Crippen molar-refractivity contribution < 1.29 is 14.3 Å². The summed E-state index contributed by atoms with van der Waals surface area (Å²) >= 11 is 0. The van der Waals surface area contributed by atoms with Crippen molar-refractivity contribution in [3.8, 4) is 17.2 Å². The zero-order chi connectivity index (χ0) is 16.8. The number of nitrogens with zero attached hydrogens (tertiary/aromatic N) is 4. The van der Waals surface area contributed by atoms with Gasteiger partial charge in [0.2, 0.25) is 0 Å². The molecule has 24 heavy (non-hydrogen) atoms. The molecule has 1 aromatic heterocycles. The molecule has 2 aromatic carbocycles. The summed E-state index contributed by atoms with van der Waals surface area (Å²) in [6, 6.07) is 14.2. The van der Waals surface area contributed by atoms with Crippen LogP contribution in [0.3, 0.4) is 0 Å². The predicted octanol–water partition coefficient (Wildman–Crippen LogP) is 1.69. The Balaban J connectivity index is 1.52. The minimum atomic E-state index is -0.249. The van der Waals surface area contributed by atoms with Crippen LogP contribution in [-0.4, -0.2) is 39.8 Å². The highest BCUT2D eigenvalue weighted by Crippen LogP contribution is 2.17. The van der Waals surface area contributed by atoms with Crippen LogP contribution in [0.2, 0.25) is 0 Å². The Morgan fingerprint density at radius 3 is 2.42 bits per heavy atom. The molecule has 3 aromatic rings. The number of aromatic nitrogens is 4. The lowest BCUT2D eigenvalue weighted by Gasteiger charge is -2.08. The van der Waals surface area contributed by atoms with Gasteiger partial charge >= 0.3 is 0 Å². The Kier molecular flexibility index (Phi) is 4.66. The largest absolute Gasteiger partial charge is 0.497 e. The van der Waals surface area contributed by atoms with Crippen LogP contribution >= 0.6 is 0 Å². The number of rotatable bonds is 6. The lowest BCUT2D eigenvalue weighted by atomic mass is 10.3. The molecule has 0 fully saturated rings. The lowest BCUT2D eigenvalue weighted by Crippen LogP contribution is -2.20. The second kappa shape index (κ2) is 7.23. The Morgan fingerprint density at radius 2 is 1.79 bits per heavy atom. The Morgan fingerprint density at radius 1 is 1.08 bits per heavy atom. The molecule has 0 atom stereocenters. The monoisotopic (exact) mass is 325 g/mol. The van der Waals surface area contributed by atoms with Gasteiger partial charge in [-0.2, -0.15) is 0 Å². The lowest BCUT2D eigenvalue weighted by molar-refractivity contribution is -0.118. The minimum Gasteiger partial charge on any atom is -0.497 e. The van der Waals surface area contributed by atoms with Crippen LogP contribution in [0.4, 0.5) is 5.69 Å². The van der Waals surface area contributed by atoms with Crippen molar-refractivity contribution in [2.45, 2.75) is 0 Å². The average Bonchev–Trinajstić information content (AvgIpc) is 3.16. The van der Waals surface area contributed by atoms with E-state index in [9.17, 15) is 4.79 Å². The van der Waals surface area contributed by atoms with E-state index >= 15 is 0 Å². The van der Waals surface area contributed by atoms with E-state index in [0.717, 1.165) is 11.4 Å². The molecule has 0 spiro atoms. The van der Waals surface area contributed by atoms with E-state index in [2.05, 4.69) is 20.8 Å². The SMILES string of the molecule is COc1ccc(OCC(=O)Nc2ccc(-n3cnnn3)cc2)cc1. The number of carbonyl (C=O) groups is 1. The Labute approximate surface area is 138 Å². The highest BCUT2D eigenvalue weighted by atomic mass is 16.5. The highest BCUT2D eigenvalue weighted by molar-refractivity contribution is 5.91. The molecule has 0 saturated carbocycles. The van der Waals surface area contributed by atoms with Crippen molar-refractivity contribution in [3.63, 3.8) is 0 Å². The van der Waals surface area contributed by atoms with Gasteiger partial charge in [0.15, 0.2) is 6.61 Å². The summed E-state index contributed by atoms with van der Waals surface area (Å²) in [4.78, 5) is 11.9. The molecule has 1 N–H and O–H groups in total. The number of tetrazole rings is 1. The zero-order valence-electron chi connectivity index (χ0n) is 12.9. The number of ether oxygens (including phenoxy) is 2. The molecule has 1 amide bonds. The maximum atomic E-state index is 11.9. The van der Waals surface area contributed by atoms with Crippen LogP contribution < -0.4 is 14.8 Å². The van der Waals surface area contributed by atoms with Crippen LogP contribution in [0.25, 0.3) is 5.69 Å². The standard InChI is InChI=1S/C16H15N5O3/c1-23-14-6-8-15(9-7-14)24-10-16(22)18-12-2-4-13(5-3-12)21-11-17-19-20-21/h2-9,11H,10H2,1H3,(H,18,22). The summed E-state index contributed by atoms with van der Waals surface area (Å²) < 4.78 is 12.0. The van der Waals surface area contributed by atoms with Crippen molar-refractivity contribution in [1.82, 2.24) is 20.2 Å². The molecule has 0 aliphatic rings. The van der Waals surface area contributed by atoms with Gasteiger partial charge < -0.3 is 14.8 Å². The summed E-state index contributed by atoms with van der Waals surface area (Å²) in [6.45, 7) is -0.0823. The molecule has 0 bridgehead atoms. The normalized spacial score (nSPS) is 10.2. The van der Waals surface area contributed by atoms with E-state index in [1.807, 2.05) is 0 Å². The van der Waals surface area contributed by atoms with Gasteiger partial charge in [0.25, 0.3) is 5.91 Å². The van der Waals surface area contributed by atoms with E-state index in [1.54, 1.807) is 55.6 Å². The topological polar surface area (TPSA) is 91.2 Å². The number of nitrogens with one attached hydrogen (secondary N) is 1. The zero-order valence-corrected chi connectivity index (χ0v) is 12.9. The van der Waals surface area contributed by atoms with Crippen LogP contribution in [0.5, 0.6) is 11.5 Å². The van der Waals surface area contributed by atoms with E-state index in [1.165, 1.54) is 11.0 Å². The van der Waals surface area contributed by atoms with Gasteiger partial charge in [0.05, 0.1) is 12.8 Å². The number of carbonyl (C=O) groups excluding carboxylic acids is 1. The summed E-state index contributed by atoms with van der Waals surface area (Å²) in [7, 11) is 1.59. The third-order valence-electron chi connectivity index (χ3n) is 3.19. The molecule has 0 unspecified atom stereocenters. The number of anilines is 1. The minimum absolute atomic E-state index is 0.0823. The van der Waals surface area contributed by atoms with Crippen molar-refractivity contribution in [1.29, 1.82) is 0 Å². The fourth-order valence-electron chi connectivity index (χ4n) is 1.99. The van der Waals surface area contributed by atoms with E-state index in [0.29, 0.717) is 11.4 Å². The fourth-order valence-corrected chi connectivity index (χ4v) is 1.99. The van der Waals surface area contributed by atoms with E-state index in [-0.39, 0.29) is 12.5 Å². The molecular weight excluding hydrogens is 310 g/mol. The van der Waals surface area contributed by atoms with Gasteiger partial charge in [-0.25, -0.2) is 4.68 Å². The van der Waals surface area contributed by atoms with Crippen molar-refractivity contribution in [2.75, 3.05) is 19.0 Å². The van der Waals surface area contributed by atoms with Gasteiger partial charge in [-0.05, 0) is 59.0 Å². The van der Waals surface area contributed by atoms with Gasteiger partial charge in [-0.15, -0.1) is 5.10 Å². The van der Waals surface area contributed by atoms with Gasteiger partial charge in [-0.3, -0.25) is 4.79 Å². The molecule has 0 saturated heterocycles. The third kappa shape index (κ3) is 3.86. The predicted molar refractivity (Wildman–Crippen MR) is 86.3 cm³/mol. The third-order valence-corrected chi connectivity index (χ3v) is 3.19.